The monoisotopic (exact) mass is 784 g/mol. The number of piperazine rings is 2. The molecule has 55 heavy (non-hydrogen) atoms. The Bertz CT molecular complexity index is 2020. The SMILES string of the molecule is Cc1nc(Nc2ncc(C(=O)Nc3c(C)cccc3Cl)s2)cc(N2CCN(C(=O)CCCN3CCN(c4ccc(C5CCC(=O)NC5=O)cc4)CC3)CC2)n1. The smallest absolute Gasteiger partial charge is 0.267 e. The number of hydrogen-bond donors (Lipinski definition) is 3. The first-order valence-electron chi connectivity index (χ1n) is 18.7. The fourth-order valence-electron chi connectivity index (χ4n) is 7.25. The molecule has 1 unspecified atom stereocenters. The molecule has 0 radical (unpaired) electrons. The number of carbonyl (C=O) groups excluding carboxylic acids is 4. The average Bonchev–Trinajstić information content (AvgIpc) is 3.65. The highest BCUT2D eigenvalue weighted by Gasteiger charge is 2.28. The molecule has 1 atom stereocenters. The molecular weight excluding hydrogens is 740 g/mol. The van der Waals surface area contributed by atoms with E-state index in [2.05, 4.69) is 57.7 Å². The Morgan fingerprint density at radius 3 is 2.42 bits per heavy atom. The minimum Gasteiger partial charge on any atom is -0.369 e. The Balaban J connectivity index is 0.827. The van der Waals surface area contributed by atoms with E-state index >= 15 is 0 Å². The summed E-state index contributed by atoms with van der Waals surface area (Å²) in [5, 5.41) is 9.55. The highest BCUT2D eigenvalue weighted by Crippen LogP contribution is 2.30. The van der Waals surface area contributed by atoms with E-state index in [9.17, 15) is 19.2 Å². The predicted molar refractivity (Wildman–Crippen MR) is 215 cm³/mol. The summed E-state index contributed by atoms with van der Waals surface area (Å²) in [6.45, 7) is 10.9. The number of carbonyl (C=O) groups is 4. The fourth-order valence-corrected chi connectivity index (χ4v) is 8.23. The van der Waals surface area contributed by atoms with Gasteiger partial charge in [-0.3, -0.25) is 29.4 Å². The lowest BCUT2D eigenvalue weighted by Crippen LogP contribution is -2.49. The summed E-state index contributed by atoms with van der Waals surface area (Å²) < 4.78 is 0. The van der Waals surface area contributed by atoms with Crippen LogP contribution in [0.1, 0.15) is 58.2 Å². The van der Waals surface area contributed by atoms with Crippen molar-refractivity contribution in [1.82, 2.24) is 30.1 Å². The summed E-state index contributed by atoms with van der Waals surface area (Å²) >= 11 is 7.51. The number of imide groups is 1. The van der Waals surface area contributed by atoms with Crippen LogP contribution in [0.25, 0.3) is 0 Å². The van der Waals surface area contributed by atoms with Crippen LogP contribution in [-0.2, 0) is 14.4 Å². The van der Waals surface area contributed by atoms with Crippen molar-refractivity contribution in [2.24, 2.45) is 0 Å². The lowest BCUT2D eigenvalue weighted by Gasteiger charge is -2.37. The van der Waals surface area contributed by atoms with Gasteiger partial charge in [0.15, 0.2) is 5.13 Å². The first-order chi connectivity index (χ1) is 26.6. The maximum Gasteiger partial charge on any atom is 0.267 e. The van der Waals surface area contributed by atoms with E-state index in [1.165, 1.54) is 17.5 Å². The summed E-state index contributed by atoms with van der Waals surface area (Å²) in [7, 11) is 0. The molecule has 0 bridgehead atoms. The Kier molecular flexibility index (Phi) is 11.9. The highest BCUT2D eigenvalue weighted by atomic mass is 35.5. The number of nitrogens with one attached hydrogen (secondary N) is 3. The normalized spacial score (nSPS) is 17.9. The topological polar surface area (TPSA) is 156 Å². The minimum absolute atomic E-state index is 0.184. The Labute approximate surface area is 329 Å². The van der Waals surface area contributed by atoms with Gasteiger partial charge in [0.1, 0.15) is 22.3 Å². The van der Waals surface area contributed by atoms with Gasteiger partial charge in [-0.05, 0) is 62.6 Å². The van der Waals surface area contributed by atoms with Crippen LogP contribution < -0.4 is 25.8 Å². The summed E-state index contributed by atoms with van der Waals surface area (Å²) in [6, 6.07) is 15.5. The van der Waals surface area contributed by atoms with E-state index in [1.807, 2.05) is 49.1 Å². The molecule has 16 heteroatoms. The first-order valence-corrected chi connectivity index (χ1v) is 19.9. The van der Waals surface area contributed by atoms with Crippen molar-refractivity contribution >= 4 is 74.7 Å². The van der Waals surface area contributed by atoms with E-state index in [-0.39, 0.29) is 29.5 Å². The van der Waals surface area contributed by atoms with Crippen molar-refractivity contribution in [3.8, 4) is 0 Å². The molecule has 288 valence electrons. The molecule has 2 aromatic carbocycles. The van der Waals surface area contributed by atoms with Crippen LogP contribution in [0.5, 0.6) is 0 Å². The fraction of sp³-hybridized carbons (Fsp3) is 0.410. The molecule has 0 saturated carbocycles. The van der Waals surface area contributed by atoms with Crippen molar-refractivity contribution < 1.29 is 19.2 Å². The number of thiazole rings is 1. The number of hydrogen-bond acceptors (Lipinski definition) is 12. The number of aryl methyl sites for hydroxylation is 2. The van der Waals surface area contributed by atoms with Gasteiger partial charge in [0.2, 0.25) is 17.7 Å². The maximum absolute atomic E-state index is 13.2. The van der Waals surface area contributed by atoms with E-state index in [1.54, 1.807) is 6.07 Å². The predicted octanol–water partition coefficient (Wildman–Crippen LogP) is 4.97. The van der Waals surface area contributed by atoms with Crippen molar-refractivity contribution in [2.75, 3.05) is 79.3 Å². The number of nitrogens with zero attached hydrogens (tertiary/aromatic N) is 7. The van der Waals surface area contributed by atoms with E-state index in [4.69, 9.17) is 11.6 Å². The number of piperidine rings is 1. The molecule has 3 N–H and O–H groups in total. The average molecular weight is 785 g/mol. The van der Waals surface area contributed by atoms with Gasteiger partial charge in [-0.25, -0.2) is 15.0 Å². The molecule has 3 fully saturated rings. The lowest BCUT2D eigenvalue weighted by atomic mass is 9.90. The van der Waals surface area contributed by atoms with Crippen LogP contribution in [0, 0.1) is 13.8 Å². The summed E-state index contributed by atoms with van der Waals surface area (Å²) in [5.41, 5.74) is 3.53. The van der Waals surface area contributed by atoms with Crippen molar-refractivity contribution in [2.45, 2.75) is 45.4 Å². The zero-order valence-corrected chi connectivity index (χ0v) is 32.6. The molecule has 2 aromatic heterocycles. The second-order valence-electron chi connectivity index (χ2n) is 14.1. The van der Waals surface area contributed by atoms with Gasteiger partial charge in [0, 0.05) is 77.0 Å². The zero-order valence-electron chi connectivity index (χ0n) is 31.0. The van der Waals surface area contributed by atoms with Gasteiger partial charge in [0.05, 0.1) is 22.8 Å². The Morgan fingerprint density at radius 1 is 0.945 bits per heavy atom. The molecule has 4 amide bonds. The van der Waals surface area contributed by atoms with Gasteiger partial charge in [0.25, 0.3) is 5.91 Å². The van der Waals surface area contributed by atoms with Crippen LogP contribution >= 0.6 is 22.9 Å². The van der Waals surface area contributed by atoms with Gasteiger partial charge in [-0.2, -0.15) is 0 Å². The third-order valence-corrected chi connectivity index (χ3v) is 11.6. The van der Waals surface area contributed by atoms with Crippen LogP contribution in [-0.4, -0.2) is 107 Å². The van der Waals surface area contributed by atoms with Gasteiger partial charge >= 0.3 is 0 Å². The molecule has 5 heterocycles. The standard InChI is InChI=1S/C39H45ClN10O4S/c1-25-5-3-6-30(40)36(25)46-38(54)31-24-41-39(55-31)44-32-23-33(43-26(2)42-32)49-19-21-50(22-20-49)35(52)7-4-14-47-15-17-48(18-16-47)28-10-8-27(9-11-28)29-12-13-34(51)45-37(29)53/h3,5-6,8-11,23-24,29H,4,7,12-22H2,1-2H3,(H,46,54)(H,45,51,53)(H,41,42,43,44). The van der Waals surface area contributed by atoms with Crippen molar-refractivity contribution in [3.63, 3.8) is 0 Å². The summed E-state index contributed by atoms with van der Waals surface area (Å²) in [6.07, 6.45) is 3.79. The van der Waals surface area contributed by atoms with Gasteiger partial charge < -0.3 is 25.3 Å². The molecule has 3 aliphatic heterocycles. The van der Waals surface area contributed by atoms with Crippen molar-refractivity contribution in [1.29, 1.82) is 0 Å². The van der Waals surface area contributed by atoms with Crippen LogP contribution in [0.15, 0.2) is 54.7 Å². The Hall–Kier alpha value is -5.12. The Morgan fingerprint density at radius 2 is 1.69 bits per heavy atom. The number of aromatic nitrogens is 3. The molecule has 0 aliphatic carbocycles. The van der Waals surface area contributed by atoms with Crippen molar-refractivity contribution in [3.05, 3.63) is 81.6 Å². The molecule has 3 aliphatic rings. The lowest BCUT2D eigenvalue weighted by molar-refractivity contribution is -0.134. The molecule has 4 aromatic rings. The van der Waals surface area contributed by atoms with Crippen LogP contribution in [0.4, 0.5) is 28.1 Å². The summed E-state index contributed by atoms with van der Waals surface area (Å²) in [5.74, 6) is 1.17. The number of para-hydroxylation sites is 1. The zero-order chi connectivity index (χ0) is 38.5. The van der Waals surface area contributed by atoms with E-state index in [0.29, 0.717) is 77.8 Å². The second kappa shape index (κ2) is 17.1. The molecule has 14 nitrogen and oxygen atoms in total. The maximum atomic E-state index is 13.2. The van der Waals surface area contributed by atoms with Gasteiger partial charge in [-0.1, -0.05) is 47.2 Å². The highest BCUT2D eigenvalue weighted by molar-refractivity contribution is 7.17. The number of benzene rings is 2. The van der Waals surface area contributed by atoms with E-state index in [0.717, 1.165) is 61.8 Å². The second-order valence-corrected chi connectivity index (χ2v) is 15.5. The molecule has 7 rings (SSSR count). The van der Waals surface area contributed by atoms with Gasteiger partial charge in [-0.15, -0.1) is 0 Å². The van der Waals surface area contributed by atoms with E-state index < -0.39 is 0 Å². The number of amides is 4. The quantitative estimate of drug-likeness (QED) is 0.177. The molecular formula is C39H45ClN10O4S. The third kappa shape index (κ3) is 9.40. The number of anilines is 5. The number of rotatable bonds is 11. The first kappa shape index (κ1) is 38.2. The molecule has 0 spiro atoms. The number of halogens is 1. The minimum atomic E-state index is -0.291. The molecule has 3 saturated heterocycles. The third-order valence-electron chi connectivity index (χ3n) is 10.3. The van der Waals surface area contributed by atoms with Crippen LogP contribution in [0.3, 0.4) is 0 Å². The van der Waals surface area contributed by atoms with Crippen LogP contribution in [0.2, 0.25) is 5.02 Å². The summed E-state index contributed by atoms with van der Waals surface area (Å²) in [4.78, 5) is 72.7. The largest absolute Gasteiger partial charge is 0.369 e.